The molecule has 1 aliphatic carbocycles. The van der Waals surface area contributed by atoms with Crippen LogP contribution in [-0.2, 0) is 0 Å². The van der Waals surface area contributed by atoms with Crippen LogP contribution in [0.2, 0.25) is 0 Å². The van der Waals surface area contributed by atoms with E-state index in [9.17, 15) is 9.59 Å². The molecule has 1 aliphatic rings. The zero-order chi connectivity index (χ0) is 13.8. The number of amides is 2. The van der Waals surface area contributed by atoms with Gasteiger partial charge >= 0.3 is 12.0 Å². The standard InChI is InChI=1S/C14H18N2O3/c1-9-11(13(17)18)7-4-8-12(9)16-14(19)15-10-5-2-3-6-10/h4,7-8,10H,2-3,5-6H2,1H3,(H,17,18)(H2,15,16,19). The van der Waals surface area contributed by atoms with Crippen molar-refractivity contribution in [2.24, 2.45) is 0 Å². The first kappa shape index (κ1) is 13.4. The molecule has 2 amide bonds. The van der Waals surface area contributed by atoms with Crippen LogP contribution in [0.25, 0.3) is 0 Å². The van der Waals surface area contributed by atoms with Gasteiger partial charge in [0.05, 0.1) is 5.56 Å². The highest BCUT2D eigenvalue weighted by atomic mass is 16.4. The van der Waals surface area contributed by atoms with Crippen LogP contribution < -0.4 is 10.6 Å². The first-order chi connectivity index (χ1) is 9.08. The van der Waals surface area contributed by atoms with Crippen molar-refractivity contribution < 1.29 is 14.7 Å². The van der Waals surface area contributed by atoms with Crippen molar-refractivity contribution in [2.75, 3.05) is 5.32 Å². The van der Waals surface area contributed by atoms with Crippen LogP contribution in [0.4, 0.5) is 10.5 Å². The molecule has 102 valence electrons. The summed E-state index contributed by atoms with van der Waals surface area (Å²) in [6, 6.07) is 4.83. The number of carboxylic acid groups (broad SMARTS) is 1. The lowest BCUT2D eigenvalue weighted by Crippen LogP contribution is -2.36. The first-order valence-corrected chi connectivity index (χ1v) is 6.48. The van der Waals surface area contributed by atoms with Gasteiger partial charge in [0.1, 0.15) is 0 Å². The third-order valence-electron chi connectivity index (χ3n) is 3.50. The van der Waals surface area contributed by atoms with Crippen molar-refractivity contribution >= 4 is 17.7 Å². The Morgan fingerprint density at radius 2 is 1.95 bits per heavy atom. The van der Waals surface area contributed by atoms with Gasteiger partial charge in [-0.15, -0.1) is 0 Å². The molecule has 19 heavy (non-hydrogen) atoms. The minimum absolute atomic E-state index is 0.207. The van der Waals surface area contributed by atoms with Gasteiger partial charge in [-0.05, 0) is 37.5 Å². The molecule has 3 N–H and O–H groups in total. The maximum atomic E-state index is 11.8. The molecule has 1 saturated carbocycles. The molecular weight excluding hydrogens is 244 g/mol. The Labute approximate surface area is 112 Å². The highest BCUT2D eigenvalue weighted by Crippen LogP contribution is 2.20. The SMILES string of the molecule is Cc1c(NC(=O)NC2CCCC2)cccc1C(=O)O. The highest BCUT2D eigenvalue weighted by Gasteiger charge is 2.18. The lowest BCUT2D eigenvalue weighted by molar-refractivity contribution is 0.0696. The van der Waals surface area contributed by atoms with E-state index in [0.717, 1.165) is 25.7 Å². The predicted molar refractivity (Wildman–Crippen MR) is 72.5 cm³/mol. The van der Waals surface area contributed by atoms with Crippen LogP contribution in [0.3, 0.4) is 0 Å². The molecule has 0 unspecified atom stereocenters. The summed E-state index contributed by atoms with van der Waals surface area (Å²) >= 11 is 0. The van der Waals surface area contributed by atoms with Crippen LogP contribution in [0.5, 0.6) is 0 Å². The van der Waals surface area contributed by atoms with Gasteiger partial charge in [0, 0.05) is 11.7 Å². The van der Waals surface area contributed by atoms with Gasteiger partial charge < -0.3 is 15.7 Å². The molecule has 0 bridgehead atoms. The van der Waals surface area contributed by atoms with Gasteiger partial charge in [-0.3, -0.25) is 0 Å². The van der Waals surface area contributed by atoms with E-state index in [1.807, 2.05) is 0 Å². The molecule has 0 heterocycles. The lowest BCUT2D eigenvalue weighted by atomic mass is 10.1. The molecule has 1 aromatic carbocycles. The summed E-state index contributed by atoms with van der Waals surface area (Å²) in [5.74, 6) is -0.989. The van der Waals surface area contributed by atoms with Gasteiger partial charge in [0.25, 0.3) is 0 Å². The fraction of sp³-hybridized carbons (Fsp3) is 0.429. The van der Waals surface area contributed by atoms with Crippen molar-refractivity contribution in [3.8, 4) is 0 Å². The number of carboxylic acids is 1. The zero-order valence-corrected chi connectivity index (χ0v) is 10.9. The Kier molecular flexibility index (Phi) is 4.04. The Bertz CT molecular complexity index is 493. The van der Waals surface area contributed by atoms with E-state index in [2.05, 4.69) is 10.6 Å². The normalized spacial score (nSPS) is 15.2. The monoisotopic (exact) mass is 262 g/mol. The number of benzene rings is 1. The van der Waals surface area contributed by atoms with Crippen molar-refractivity contribution in [2.45, 2.75) is 38.6 Å². The lowest BCUT2D eigenvalue weighted by Gasteiger charge is -2.14. The third kappa shape index (κ3) is 3.24. The topological polar surface area (TPSA) is 78.4 Å². The number of nitrogens with one attached hydrogen (secondary N) is 2. The second-order valence-electron chi connectivity index (χ2n) is 4.86. The quantitative estimate of drug-likeness (QED) is 0.783. The van der Waals surface area contributed by atoms with E-state index >= 15 is 0 Å². The first-order valence-electron chi connectivity index (χ1n) is 6.48. The maximum absolute atomic E-state index is 11.8. The number of rotatable bonds is 3. The van der Waals surface area contributed by atoms with E-state index in [-0.39, 0.29) is 17.6 Å². The minimum atomic E-state index is -0.989. The predicted octanol–water partition coefficient (Wildman–Crippen LogP) is 2.76. The van der Waals surface area contributed by atoms with E-state index in [1.54, 1.807) is 19.1 Å². The van der Waals surface area contributed by atoms with Gasteiger partial charge in [-0.25, -0.2) is 9.59 Å². The molecule has 5 nitrogen and oxygen atoms in total. The molecule has 0 spiro atoms. The van der Waals surface area contributed by atoms with Crippen LogP contribution in [0.1, 0.15) is 41.6 Å². The Hall–Kier alpha value is -2.04. The maximum Gasteiger partial charge on any atom is 0.336 e. The van der Waals surface area contributed by atoms with Crippen molar-refractivity contribution in [1.29, 1.82) is 0 Å². The van der Waals surface area contributed by atoms with Gasteiger partial charge in [-0.1, -0.05) is 18.9 Å². The summed E-state index contributed by atoms with van der Waals surface area (Å²) in [6.07, 6.45) is 4.33. The van der Waals surface area contributed by atoms with E-state index in [1.165, 1.54) is 6.07 Å². The molecule has 1 fully saturated rings. The van der Waals surface area contributed by atoms with E-state index in [4.69, 9.17) is 5.11 Å². The van der Waals surface area contributed by atoms with Crippen molar-refractivity contribution in [1.82, 2.24) is 5.32 Å². The molecule has 2 rings (SSSR count). The molecule has 0 aromatic heterocycles. The molecule has 0 atom stereocenters. The summed E-state index contributed by atoms with van der Waals surface area (Å²) in [5.41, 5.74) is 1.31. The van der Waals surface area contributed by atoms with E-state index in [0.29, 0.717) is 11.3 Å². The number of urea groups is 1. The number of hydrogen-bond donors (Lipinski definition) is 3. The summed E-state index contributed by atoms with van der Waals surface area (Å²) in [5, 5.41) is 14.7. The van der Waals surface area contributed by atoms with Gasteiger partial charge in [0.15, 0.2) is 0 Å². The molecule has 1 aromatic rings. The molecular formula is C14H18N2O3. The fourth-order valence-electron chi connectivity index (χ4n) is 2.42. The largest absolute Gasteiger partial charge is 0.478 e. The minimum Gasteiger partial charge on any atom is -0.478 e. The number of aromatic carboxylic acids is 1. The average Bonchev–Trinajstić information content (AvgIpc) is 2.84. The van der Waals surface area contributed by atoms with Crippen LogP contribution >= 0.6 is 0 Å². The second kappa shape index (κ2) is 5.73. The highest BCUT2D eigenvalue weighted by molar-refractivity contribution is 5.95. The zero-order valence-electron chi connectivity index (χ0n) is 10.9. The van der Waals surface area contributed by atoms with Gasteiger partial charge in [-0.2, -0.15) is 0 Å². The Morgan fingerprint density at radius 3 is 2.58 bits per heavy atom. The smallest absolute Gasteiger partial charge is 0.336 e. The fourth-order valence-corrected chi connectivity index (χ4v) is 2.42. The number of carbonyl (C=O) groups is 2. The van der Waals surface area contributed by atoms with Crippen LogP contribution in [0, 0.1) is 6.92 Å². The number of hydrogen-bond acceptors (Lipinski definition) is 2. The molecule has 0 radical (unpaired) electrons. The van der Waals surface area contributed by atoms with Gasteiger partial charge in [0.2, 0.25) is 0 Å². The summed E-state index contributed by atoms with van der Waals surface area (Å²) in [4.78, 5) is 22.8. The summed E-state index contributed by atoms with van der Waals surface area (Å²) in [6.45, 7) is 1.69. The van der Waals surface area contributed by atoms with Crippen molar-refractivity contribution in [3.63, 3.8) is 0 Å². The van der Waals surface area contributed by atoms with Crippen LogP contribution in [0.15, 0.2) is 18.2 Å². The van der Waals surface area contributed by atoms with Crippen molar-refractivity contribution in [3.05, 3.63) is 29.3 Å². The third-order valence-corrected chi connectivity index (χ3v) is 3.50. The molecule has 0 saturated heterocycles. The number of anilines is 1. The molecule has 5 heteroatoms. The van der Waals surface area contributed by atoms with Crippen LogP contribution in [-0.4, -0.2) is 23.1 Å². The average molecular weight is 262 g/mol. The Balaban J connectivity index is 2.04. The summed E-state index contributed by atoms with van der Waals surface area (Å²) in [7, 11) is 0. The molecule has 0 aliphatic heterocycles. The van der Waals surface area contributed by atoms with E-state index < -0.39 is 5.97 Å². The summed E-state index contributed by atoms with van der Waals surface area (Å²) < 4.78 is 0. The Morgan fingerprint density at radius 1 is 1.26 bits per heavy atom. The second-order valence-corrected chi connectivity index (χ2v) is 4.86. The number of carbonyl (C=O) groups excluding carboxylic acids is 1.